The predicted molar refractivity (Wildman–Crippen MR) is 101 cm³/mol. The van der Waals surface area contributed by atoms with Gasteiger partial charge in [0.2, 0.25) is 5.91 Å². The molecule has 0 radical (unpaired) electrons. The number of carbonyl (C=O) groups is 1. The molecule has 25 heavy (non-hydrogen) atoms. The summed E-state index contributed by atoms with van der Waals surface area (Å²) in [5.41, 5.74) is 1.27. The van der Waals surface area contributed by atoms with E-state index in [1.807, 2.05) is 20.0 Å². The van der Waals surface area contributed by atoms with Crippen LogP contribution in [0.2, 0.25) is 0 Å². The van der Waals surface area contributed by atoms with Gasteiger partial charge in [0.15, 0.2) is 11.5 Å². The minimum absolute atomic E-state index is 0. The third-order valence-corrected chi connectivity index (χ3v) is 5.27. The standard InChI is InChI=1S/C19H28N2O3.ClH/c1-14(12-20-2)18(22)21-13-19(7-3-4-8-19)15-5-6-16-17(11-15)24-10-9-23-16;/h5-6,11,14,20H,3-4,7-10,12-13H2,1-2H3,(H,21,22);1H. The Kier molecular flexibility index (Phi) is 6.96. The highest BCUT2D eigenvalue weighted by Crippen LogP contribution is 2.43. The molecule has 1 aliphatic heterocycles. The molecule has 1 fully saturated rings. The monoisotopic (exact) mass is 368 g/mol. The topological polar surface area (TPSA) is 59.6 Å². The van der Waals surface area contributed by atoms with Crippen LogP contribution in [0.25, 0.3) is 0 Å². The Bertz CT molecular complexity index is 588. The van der Waals surface area contributed by atoms with Crippen molar-refractivity contribution in [3.8, 4) is 11.5 Å². The summed E-state index contributed by atoms with van der Waals surface area (Å²) in [5, 5.41) is 6.24. The van der Waals surface area contributed by atoms with Gasteiger partial charge in [-0.05, 0) is 37.6 Å². The molecule has 3 rings (SSSR count). The van der Waals surface area contributed by atoms with Crippen LogP contribution in [0, 0.1) is 5.92 Å². The van der Waals surface area contributed by atoms with Crippen LogP contribution >= 0.6 is 12.4 Å². The lowest BCUT2D eigenvalue weighted by Crippen LogP contribution is -2.42. The molecule has 1 saturated carbocycles. The van der Waals surface area contributed by atoms with E-state index < -0.39 is 0 Å². The third-order valence-electron chi connectivity index (χ3n) is 5.27. The third kappa shape index (κ3) is 4.39. The Hall–Kier alpha value is -1.46. The van der Waals surface area contributed by atoms with E-state index in [4.69, 9.17) is 9.47 Å². The average Bonchev–Trinajstić information content (AvgIpc) is 3.09. The molecule has 2 N–H and O–H groups in total. The number of amides is 1. The van der Waals surface area contributed by atoms with E-state index in [-0.39, 0.29) is 29.6 Å². The second-order valence-corrected chi connectivity index (χ2v) is 7.02. The molecule has 1 aliphatic carbocycles. The number of carbonyl (C=O) groups excluding carboxylic acids is 1. The van der Waals surface area contributed by atoms with Crippen LogP contribution in [-0.2, 0) is 10.2 Å². The first-order valence-electron chi connectivity index (χ1n) is 8.97. The summed E-state index contributed by atoms with van der Waals surface area (Å²) in [6.45, 7) is 4.55. The fourth-order valence-electron chi connectivity index (χ4n) is 3.82. The smallest absolute Gasteiger partial charge is 0.224 e. The van der Waals surface area contributed by atoms with Crippen LogP contribution in [0.1, 0.15) is 38.2 Å². The van der Waals surface area contributed by atoms with Crippen molar-refractivity contribution in [3.05, 3.63) is 23.8 Å². The highest BCUT2D eigenvalue weighted by molar-refractivity contribution is 5.85. The zero-order chi connectivity index (χ0) is 17.0. The van der Waals surface area contributed by atoms with Crippen molar-refractivity contribution in [1.82, 2.24) is 10.6 Å². The summed E-state index contributed by atoms with van der Waals surface area (Å²) >= 11 is 0. The van der Waals surface area contributed by atoms with Crippen LogP contribution < -0.4 is 20.1 Å². The average molecular weight is 369 g/mol. The quantitative estimate of drug-likeness (QED) is 0.810. The summed E-state index contributed by atoms with van der Waals surface area (Å²) in [6.07, 6.45) is 4.62. The van der Waals surface area contributed by atoms with E-state index >= 15 is 0 Å². The second kappa shape index (κ2) is 8.77. The van der Waals surface area contributed by atoms with E-state index in [1.54, 1.807) is 0 Å². The van der Waals surface area contributed by atoms with Crippen LogP contribution in [0.15, 0.2) is 18.2 Å². The maximum atomic E-state index is 12.3. The predicted octanol–water partition coefficient (Wildman–Crippen LogP) is 2.66. The van der Waals surface area contributed by atoms with Gasteiger partial charge in [0.25, 0.3) is 0 Å². The van der Waals surface area contributed by atoms with Crippen molar-refractivity contribution in [2.75, 3.05) is 33.4 Å². The molecule has 1 unspecified atom stereocenters. The van der Waals surface area contributed by atoms with E-state index in [1.165, 1.54) is 18.4 Å². The molecular formula is C19H29ClN2O3. The van der Waals surface area contributed by atoms with Crippen LogP contribution in [0.3, 0.4) is 0 Å². The molecule has 5 nitrogen and oxygen atoms in total. The molecule has 0 bridgehead atoms. The number of hydrogen-bond donors (Lipinski definition) is 2. The molecule has 6 heteroatoms. The van der Waals surface area contributed by atoms with Crippen molar-refractivity contribution >= 4 is 18.3 Å². The van der Waals surface area contributed by atoms with Crippen molar-refractivity contribution in [1.29, 1.82) is 0 Å². The molecule has 0 aromatic heterocycles. The van der Waals surface area contributed by atoms with Crippen LogP contribution in [0.5, 0.6) is 11.5 Å². The van der Waals surface area contributed by atoms with Gasteiger partial charge in [-0.15, -0.1) is 12.4 Å². The molecule has 1 heterocycles. The van der Waals surface area contributed by atoms with E-state index in [0.29, 0.717) is 26.3 Å². The molecular weight excluding hydrogens is 340 g/mol. The number of rotatable bonds is 6. The zero-order valence-electron chi connectivity index (χ0n) is 15.1. The van der Waals surface area contributed by atoms with Gasteiger partial charge in [0, 0.05) is 24.4 Å². The van der Waals surface area contributed by atoms with Gasteiger partial charge in [0.1, 0.15) is 13.2 Å². The van der Waals surface area contributed by atoms with Crippen molar-refractivity contribution in [2.24, 2.45) is 5.92 Å². The molecule has 2 aliphatic rings. The Morgan fingerprint density at radius 3 is 2.56 bits per heavy atom. The molecule has 1 atom stereocenters. The number of fused-ring (bicyclic) bond motifs is 1. The number of benzene rings is 1. The number of ether oxygens (including phenoxy) is 2. The first-order chi connectivity index (χ1) is 11.6. The van der Waals surface area contributed by atoms with Crippen molar-refractivity contribution in [2.45, 2.75) is 38.0 Å². The molecule has 1 aromatic rings. The lowest BCUT2D eigenvalue weighted by atomic mass is 9.78. The molecule has 0 spiro atoms. The highest BCUT2D eigenvalue weighted by atomic mass is 35.5. The summed E-state index contributed by atoms with van der Waals surface area (Å²) in [5.74, 6) is 1.76. The van der Waals surface area contributed by atoms with Gasteiger partial charge in [-0.3, -0.25) is 4.79 Å². The van der Waals surface area contributed by atoms with Gasteiger partial charge in [-0.25, -0.2) is 0 Å². The number of nitrogens with one attached hydrogen (secondary N) is 2. The van der Waals surface area contributed by atoms with Crippen LogP contribution in [-0.4, -0.2) is 39.3 Å². The second-order valence-electron chi connectivity index (χ2n) is 7.02. The zero-order valence-corrected chi connectivity index (χ0v) is 15.9. The lowest BCUT2D eigenvalue weighted by Gasteiger charge is -2.31. The minimum Gasteiger partial charge on any atom is -0.486 e. The Morgan fingerprint density at radius 1 is 1.20 bits per heavy atom. The van der Waals surface area contributed by atoms with Gasteiger partial charge in [-0.1, -0.05) is 25.8 Å². The largest absolute Gasteiger partial charge is 0.486 e. The SMILES string of the molecule is CNCC(C)C(=O)NCC1(c2ccc3c(c2)OCCO3)CCCC1.Cl. The van der Waals surface area contributed by atoms with Gasteiger partial charge in [0.05, 0.1) is 0 Å². The highest BCUT2D eigenvalue weighted by Gasteiger charge is 2.37. The normalized spacial score (nSPS) is 19.0. The minimum atomic E-state index is -0.0197. The fourth-order valence-corrected chi connectivity index (χ4v) is 3.82. The molecule has 140 valence electrons. The number of hydrogen-bond acceptors (Lipinski definition) is 4. The summed E-state index contributed by atoms with van der Waals surface area (Å²) in [6, 6.07) is 6.26. The Labute approximate surface area is 156 Å². The van der Waals surface area contributed by atoms with Gasteiger partial charge in [-0.2, -0.15) is 0 Å². The lowest BCUT2D eigenvalue weighted by molar-refractivity contribution is -0.124. The summed E-state index contributed by atoms with van der Waals surface area (Å²) in [4.78, 5) is 12.3. The Morgan fingerprint density at radius 2 is 1.88 bits per heavy atom. The van der Waals surface area contributed by atoms with E-state index in [0.717, 1.165) is 24.3 Å². The van der Waals surface area contributed by atoms with Crippen molar-refractivity contribution < 1.29 is 14.3 Å². The van der Waals surface area contributed by atoms with Gasteiger partial charge >= 0.3 is 0 Å². The molecule has 1 aromatic carbocycles. The first-order valence-corrected chi connectivity index (χ1v) is 8.97. The van der Waals surface area contributed by atoms with Crippen molar-refractivity contribution in [3.63, 3.8) is 0 Å². The van der Waals surface area contributed by atoms with E-state index in [2.05, 4.69) is 22.8 Å². The summed E-state index contributed by atoms with van der Waals surface area (Å²) in [7, 11) is 1.87. The Balaban J connectivity index is 0.00000225. The summed E-state index contributed by atoms with van der Waals surface area (Å²) < 4.78 is 11.4. The van der Waals surface area contributed by atoms with Crippen LogP contribution in [0.4, 0.5) is 0 Å². The maximum Gasteiger partial charge on any atom is 0.224 e. The fraction of sp³-hybridized carbons (Fsp3) is 0.632. The molecule has 1 amide bonds. The number of halogens is 1. The first kappa shape index (κ1) is 19.9. The van der Waals surface area contributed by atoms with E-state index in [9.17, 15) is 4.79 Å². The van der Waals surface area contributed by atoms with Gasteiger partial charge < -0.3 is 20.1 Å². The maximum absolute atomic E-state index is 12.3. The molecule has 0 saturated heterocycles.